The van der Waals surface area contributed by atoms with Crippen molar-refractivity contribution in [1.82, 2.24) is 4.98 Å². The van der Waals surface area contributed by atoms with Crippen molar-refractivity contribution in [3.05, 3.63) is 83.5 Å². The van der Waals surface area contributed by atoms with Crippen LogP contribution in [-0.4, -0.2) is 16.1 Å². The highest BCUT2D eigenvalue weighted by atomic mass is 16.4. The first kappa shape index (κ1) is 17.2. The Hall–Kier alpha value is -3.60. The Balaban J connectivity index is 1.68. The normalized spacial score (nSPS) is 11.9. The van der Waals surface area contributed by atoms with Gasteiger partial charge in [0.2, 0.25) is 0 Å². The van der Waals surface area contributed by atoms with Gasteiger partial charge in [-0.2, -0.15) is 0 Å². The lowest BCUT2D eigenvalue weighted by molar-refractivity contribution is -0.131. The molecule has 130 valence electrons. The Kier molecular flexibility index (Phi) is 5.29. The SMILES string of the molecule is Cc1oc(-c2ccco2)nc1C=Cc1ccc(C=CC=CC(=O)O)cc1. The number of hydrogen-bond acceptors (Lipinski definition) is 4. The van der Waals surface area contributed by atoms with E-state index in [9.17, 15) is 4.79 Å². The van der Waals surface area contributed by atoms with Crippen LogP contribution in [0.3, 0.4) is 0 Å². The Morgan fingerprint density at radius 3 is 2.42 bits per heavy atom. The maximum atomic E-state index is 10.4. The first-order valence-corrected chi connectivity index (χ1v) is 7.99. The van der Waals surface area contributed by atoms with Gasteiger partial charge in [0.1, 0.15) is 11.5 Å². The third kappa shape index (κ3) is 4.48. The molecule has 0 unspecified atom stereocenters. The number of aryl methyl sites for hydroxylation is 1. The van der Waals surface area contributed by atoms with Crippen molar-refractivity contribution in [2.45, 2.75) is 6.92 Å². The smallest absolute Gasteiger partial charge is 0.328 e. The van der Waals surface area contributed by atoms with Crippen LogP contribution in [0.15, 0.2) is 69.7 Å². The number of aliphatic carboxylic acids is 1. The summed E-state index contributed by atoms with van der Waals surface area (Å²) in [6.45, 7) is 1.86. The molecule has 2 aromatic heterocycles. The molecular formula is C21H17NO4. The molecule has 0 spiro atoms. The number of carboxylic acids is 1. The summed E-state index contributed by atoms with van der Waals surface area (Å²) in [4.78, 5) is 14.8. The lowest BCUT2D eigenvalue weighted by Gasteiger charge is -1.95. The molecule has 3 rings (SSSR count). The molecule has 1 aromatic carbocycles. The quantitative estimate of drug-likeness (QED) is 0.498. The second kappa shape index (κ2) is 7.98. The van der Waals surface area contributed by atoms with Gasteiger partial charge < -0.3 is 13.9 Å². The van der Waals surface area contributed by atoms with E-state index in [1.165, 1.54) is 6.08 Å². The van der Waals surface area contributed by atoms with E-state index < -0.39 is 5.97 Å². The fraction of sp³-hybridized carbons (Fsp3) is 0.0476. The molecule has 5 heteroatoms. The minimum absolute atomic E-state index is 0.460. The van der Waals surface area contributed by atoms with E-state index in [1.54, 1.807) is 24.5 Å². The molecule has 0 radical (unpaired) electrons. The molecule has 0 aliphatic rings. The van der Waals surface area contributed by atoms with Gasteiger partial charge in [0.05, 0.1) is 6.26 Å². The molecule has 5 nitrogen and oxygen atoms in total. The number of oxazole rings is 1. The summed E-state index contributed by atoms with van der Waals surface area (Å²) in [7, 11) is 0. The summed E-state index contributed by atoms with van der Waals surface area (Å²) >= 11 is 0. The highest BCUT2D eigenvalue weighted by Crippen LogP contribution is 2.23. The van der Waals surface area contributed by atoms with E-state index in [2.05, 4.69) is 4.98 Å². The third-order valence-electron chi connectivity index (χ3n) is 3.57. The molecule has 0 bridgehead atoms. The maximum Gasteiger partial charge on any atom is 0.328 e. The fourth-order valence-corrected chi connectivity index (χ4v) is 2.27. The van der Waals surface area contributed by atoms with Crippen LogP contribution in [0.4, 0.5) is 0 Å². The monoisotopic (exact) mass is 347 g/mol. The second-order valence-electron chi connectivity index (χ2n) is 5.49. The average molecular weight is 347 g/mol. The number of aromatic nitrogens is 1. The van der Waals surface area contributed by atoms with Gasteiger partial charge in [-0.05, 0) is 36.3 Å². The van der Waals surface area contributed by atoms with Gasteiger partial charge in [-0.1, -0.05) is 48.6 Å². The molecule has 0 aliphatic carbocycles. The van der Waals surface area contributed by atoms with Crippen molar-refractivity contribution >= 4 is 24.2 Å². The number of rotatable bonds is 6. The zero-order valence-electron chi connectivity index (χ0n) is 14.1. The summed E-state index contributed by atoms with van der Waals surface area (Å²) in [5.74, 6) is 0.814. The zero-order valence-corrected chi connectivity index (χ0v) is 14.1. The molecule has 0 aliphatic heterocycles. The van der Waals surface area contributed by atoms with E-state index in [1.807, 2.05) is 49.4 Å². The third-order valence-corrected chi connectivity index (χ3v) is 3.57. The molecule has 1 N–H and O–H groups in total. The van der Waals surface area contributed by atoms with Crippen molar-refractivity contribution in [2.75, 3.05) is 0 Å². The van der Waals surface area contributed by atoms with Gasteiger partial charge in [0, 0.05) is 6.08 Å². The van der Waals surface area contributed by atoms with Gasteiger partial charge >= 0.3 is 5.97 Å². The van der Waals surface area contributed by atoms with Crippen molar-refractivity contribution in [3.63, 3.8) is 0 Å². The molecule has 0 amide bonds. The van der Waals surface area contributed by atoms with Crippen molar-refractivity contribution in [2.24, 2.45) is 0 Å². The van der Waals surface area contributed by atoms with Gasteiger partial charge in [-0.25, -0.2) is 9.78 Å². The van der Waals surface area contributed by atoms with E-state index >= 15 is 0 Å². The van der Waals surface area contributed by atoms with Gasteiger partial charge in [-0.3, -0.25) is 0 Å². The Morgan fingerprint density at radius 2 is 1.77 bits per heavy atom. The number of allylic oxidation sites excluding steroid dienone is 2. The first-order chi connectivity index (χ1) is 12.6. The van der Waals surface area contributed by atoms with Gasteiger partial charge in [0.25, 0.3) is 5.89 Å². The zero-order chi connectivity index (χ0) is 18.4. The molecule has 0 saturated heterocycles. The number of benzene rings is 1. The molecule has 26 heavy (non-hydrogen) atoms. The standard InChI is InChI=1S/C21H17NO4/c1-15-18(22-21(26-15)19-6-4-14-25-19)13-12-17-10-8-16(9-11-17)5-2-3-7-20(23)24/h2-14H,1H3,(H,23,24). The summed E-state index contributed by atoms with van der Waals surface area (Å²) in [5, 5.41) is 8.53. The van der Waals surface area contributed by atoms with Crippen LogP contribution in [0, 0.1) is 6.92 Å². The summed E-state index contributed by atoms with van der Waals surface area (Å²) in [6.07, 6.45) is 11.5. The highest BCUT2D eigenvalue weighted by molar-refractivity contribution is 5.80. The van der Waals surface area contributed by atoms with Crippen molar-refractivity contribution in [1.29, 1.82) is 0 Å². The van der Waals surface area contributed by atoms with Crippen molar-refractivity contribution in [3.8, 4) is 11.7 Å². The Labute approximate surface area is 150 Å². The van der Waals surface area contributed by atoms with Crippen LogP contribution < -0.4 is 0 Å². The van der Waals surface area contributed by atoms with Crippen LogP contribution in [0.1, 0.15) is 22.6 Å². The molecule has 3 aromatic rings. The predicted octanol–water partition coefficient (Wildman–Crippen LogP) is 5.07. The summed E-state index contributed by atoms with van der Waals surface area (Å²) in [6, 6.07) is 11.4. The highest BCUT2D eigenvalue weighted by Gasteiger charge is 2.11. The largest absolute Gasteiger partial charge is 0.478 e. The van der Waals surface area contributed by atoms with E-state index in [0.29, 0.717) is 11.7 Å². The summed E-state index contributed by atoms with van der Waals surface area (Å²) in [5.41, 5.74) is 2.75. The van der Waals surface area contributed by atoms with Crippen LogP contribution in [0.2, 0.25) is 0 Å². The van der Waals surface area contributed by atoms with E-state index in [-0.39, 0.29) is 0 Å². The minimum Gasteiger partial charge on any atom is -0.478 e. The Morgan fingerprint density at radius 1 is 1.04 bits per heavy atom. The molecule has 2 heterocycles. The average Bonchev–Trinajstić information content (AvgIpc) is 3.27. The lowest BCUT2D eigenvalue weighted by atomic mass is 10.1. The van der Waals surface area contributed by atoms with Crippen molar-refractivity contribution < 1.29 is 18.7 Å². The molecule has 0 saturated carbocycles. The number of hydrogen-bond donors (Lipinski definition) is 1. The minimum atomic E-state index is -0.964. The van der Waals surface area contributed by atoms with E-state index in [4.69, 9.17) is 13.9 Å². The first-order valence-electron chi connectivity index (χ1n) is 7.99. The second-order valence-corrected chi connectivity index (χ2v) is 5.49. The topological polar surface area (TPSA) is 76.5 Å². The van der Waals surface area contributed by atoms with Gasteiger partial charge in [-0.15, -0.1) is 0 Å². The molecule has 0 fully saturated rings. The predicted molar refractivity (Wildman–Crippen MR) is 100 cm³/mol. The lowest BCUT2D eigenvalue weighted by Crippen LogP contribution is -1.84. The van der Waals surface area contributed by atoms with E-state index in [0.717, 1.165) is 28.7 Å². The number of carboxylic acid groups (broad SMARTS) is 1. The molecular weight excluding hydrogens is 330 g/mol. The van der Waals surface area contributed by atoms with Gasteiger partial charge in [0.15, 0.2) is 5.76 Å². The number of nitrogens with zero attached hydrogens (tertiary/aromatic N) is 1. The van der Waals surface area contributed by atoms with Crippen LogP contribution >= 0.6 is 0 Å². The number of furan rings is 1. The maximum absolute atomic E-state index is 10.4. The summed E-state index contributed by atoms with van der Waals surface area (Å²) < 4.78 is 10.9. The van der Waals surface area contributed by atoms with Crippen LogP contribution in [-0.2, 0) is 4.79 Å². The Bertz CT molecular complexity index is 958. The van der Waals surface area contributed by atoms with Crippen LogP contribution in [0.25, 0.3) is 29.9 Å². The molecule has 0 atom stereocenters. The number of carbonyl (C=O) groups is 1. The fourth-order valence-electron chi connectivity index (χ4n) is 2.27. The van der Waals surface area contributed by atoms with Crippen LogP contribution in [0.5, 0.6) is 0 Å².